The van der Waals surface area contributed by atoms with Crippen LogP contribution in [0.5, 0.6) is 0 Å². The van der Waals surface area contributed by atoms with Crippen molar-refractivity contribution < 1.29 is 18.0 Å². The van der Waals surface area contributed by atoms with Gasteiger partial charge < -0.3 is 5.32 Å². The Morgan fingerprint density at radius 3 is 2.46 bits per heavy atom. The van der Waals surface area contributed by atoms with Gasteiger partial charge in [0.1, 0.15) is 4.90 Å². The van der Waals surface area contributed by atoms with Crippen molar-refractivity contribution in [2.24, 2.45) is 0 Å². The minimum Gasteiger partial charge on any atom is -0.307 e. The highest BCUT2D eigenvalue weighted by Crippen LogP contribution is 2.19. The van der Waals surface area contributed by atoms with Gasteiger partial charge in [-0.15, -0.1) is 0 Å². The number of hydrogen-bond acceptors (Lipinski definition) is 6. The number of hydrogen-bond donors (Lipinski definition) is 2. The van der Waals surface area contributed by atoms with Gasteiger partial charge in [-0.2, -0.15) is 0 Å². The van der Waals surface area contributed by atoms with Gasteiger partial charge in [-0.05, 0) is 43.2 Å². The average Bonchev–Trinajstić information content (AvgIpc) is 2.64. The fourth-order valence-electron chi connectivity index (χ4n) is 2.16. The van der Waals surface area contributed by atoms with Crippen LogP contribution in [0.3, 0.4) is 0 Å². The first-order valence-electron chi connectivity index (χ1n) is 8.29. The fraction of sp³-hybridized carbons (Fsp3) is 0.278. The molecule has 1 heterocycles. The largest absolute Gasteiger partial charge is 0.325 e. The van der Waals surface area contributed by atoms with Crippen molar-refractivity contribution in [2.45, 2.75) is 23.8 Å². The summed E-state index contributed by atoms with van der Waals surface area (Å²) in [5.41, 5.74) is 2.60. The molecule has 28 heavy (non-hydrogen) atoms. The number of sulfonamides is 1. The zero-order valence-electron chi connectivity index (χ0n) is 16.0. The van der Waals surface area contributed by atoms with E-state index >= 15 is 0 Å². The van der Waals surface area contributed by atoms with Gasteiger partial charge in [0.2, 0.25) is 15.9 Å². The zero-order valence-corrected chi connectivity index (χ0v) is 17.6. The molecule has 8 nitrogen and oxygen atoms in total. The first-order valence-corrected chi connectivity index (χ1v) is 10.7. The second-order valence-corrected chi connectivity index (χ2v) is 9.31. The molecule has 0 radical (unpaired) electrons. The minimum absolute atomic E-state index is 0.0347. The van der Waals surface area contributed by atoms with Crippen LogP contribution in [0.2, 0.25) is 0 Å². The van der Waals surface area contributed by atoms with Crippen LogP contribution in [0.1, 0.15) is 11.1 Å². The van der Waals surface area contributed by atoms with Gasteiger partial charge >= 0.3 is 6.03 Å². The second-order valence-electron chi connectivity index (χ2n) is 6.16. The number of pyridine rings is 1. The maximum Gasteiger partial charge on any atom is 0.325 e. The van der Waals surface area contributed by atoms with Gasteiger partial charge in [0, 0.05) is 26.0 Å². The fourth-order valence-corrected chi connectivity index (χ4v) is 3.65. The number of nitrogens with zero attached hydrogens (tertiary/aromatic N) is 2. The highest BCUT2D eigenvalue weighted by atomic mass is 32.2. The van der Waals surface area contributed by atoms with Gasteiger partial charge in [-0.1, -0.05) is 23.9 Å². The average molecular weight is 423 g/mol. The quantitative estimate of drug-likeness (QED) is 0.692. The van der Waals surface area contributed by atoms with E-state index in [4.69, 9.17) is 0 Å². The topological polar surface area (TPSA) is 108 Å². The molecule has 0 aliphatic heterocycles. The Bertz CT molecular complexity index is 974. The van der Waals surface area contributed by atoms with Crippen molar-refractivity contribution in [3.05, 3.63) is 47.7 Å². The molecule has 150 valence electrons. The van der Waals surface area contributed by atoms with Crippen molar-refractivity contribution in [3.8, 4) is 0 Å². The van der Waals surface area contributed by atoms with Gasteiger partial charge in [0.05, 0.1) is 10.8 Å². The molecule has 1 aromatic heterocycles. The minimum atomic E-state index is -3.55. The van der Waals surface area contributed by atoms with E-state index in [0.29, 0.717) is 10.7 Å². The van der Waals surface area contributed by atoms with Crippen LogP contribution in [0.4, 0.5) is 10.5 Å². The Morgan fingerprint density at radius 2 is 1.86 bits per heavy atom. The summed E-state index contributed by atoms with van der Waals surface area (Å²) in [6, 6.07) is 7.85. The predicted molar refractivity (Wildman–Crippen MR) is 109 cm³/mol. The summed E-state index contributed by atoms with van der Waals surface area (Å²) in [6.45, 7) is 3.82. The Kier molecular flexibility index (Phi) is 7.17. The molecular formula is C18H22N4O4S2. The molecule has 2 aromatic rings. The number of anilines is 1. The molecule has 2 N–H and O–H groups in total. The number of rotatable bonds is 6. The van der Waals surface area contributed by atoms with Crippen LogP contribution in [0.15, 0.2) is 46.5 Å². The molecule has 0 saturated heterocycles. The molecule has 0 unspecified atom stereocenters. The van der Waals surface area contributed by atoms with Crippen LogP contribution in [-0.2, 0) is 14.8 Å². The molecule has 0 aliphatic rings. The van der Waals surface area contributed by atoms with Crippen molar-refractivity contribution >= 4 is 39.4 Å². The molecule has 0 spiro atoms. The third-order valence-electron chi connectivity index (χ3n) is 3.94. The van der Waals surface area contributed by atoms with E-state index in [1.807, 2.05) is 26.0 Å². The van der Waals surface area contributed by atoms with Gasteiger partial charge in [-0.25, -0.2) is 22.5 Å². The first-order chi connectivity index (χ1) is 13.1. The summed E-state index contributed by atoms with van der Waals surface area (Å²) in [5.74, 6) is -0.521. The SMILES string of the molecule is Cc1cccc(NC(=O)NC(=O)CSc2ccc(S(=O)(=O)N(C)C)cn2)c1C. The number of aromatic nitrogens is 1. The summed E-state index contributed by atoms with van der Waals surface area (Å²) in [5, 5.41) is 5.38. The summed E-state index contributed by atoms with van der Waals surface area (Å²) in [4.78, 5) is 28.1. The van der Waals surface area contributed by atoms with E-state index < -0.39 is 22.0 Å². The first kappa shape index (κ1) is 21.9. The lowest BCUT2D eigenvalue weighted by Gasteiger charge is -2.11. The number of amides is 3. The molecule has 0 atom stereocenters. The molecule has 3 amide bonds. The Hall–Kier alpha value is -2.43. The molecule has 1 aromatic carbocycles. The second kappa shape index (κ2) is 9.18. The van der Waals surface area contributed by atoms with Crippen molar-refractivity contribution in [3.63, 3.8) is 0 Å². The van der Waals surface area contributed by atoms with Gasteiger partial charge in [0.15, 0.2) is 0 Å². The number of carbonyl (C=O) groups is 2. The number of benzene rings is 1. The smallest absolute Gasteiger partial charge is 0.307 e. The van der Waals surface area contributed by atoms with Crippen LogP contribution in [0.25, 0.3) is 0 Å². The molecule has 0 aliphatic carbocycles. The molecule has 0 bridgehead atoms. The lowest BCUT2D eigenvalue weighted by atomic mass is 10.1. The van der Waals surface area contributed by atoms with Crippen LogP contribution in [-0.4, -0.2) is 49.5 Å². The number of urea groups is 1. The summed E-state index contributed by atoms with van der Waals surface area (Å²) in [6.07, 6.45) is 1.24. The molecular weight excluding hydrogens is 400 g/mol. The van der Waals surface area contributed by atoms with E-state index in [0.717, 1.165) is 27.2 Å². The lowest BCUT2D eigenvalue weighted by molar-refractivity contribution is -0.117. The molecule has 0 fully saturated rings. The Balaban J connectivity index is 1.88. The Labute approximate surface area is 168 Å². The van der Waals surface area contributed by atoms with Crippen LogP contribution in [0, 0.1) is 13.8 Å². The number of nitrogens with one attached hydrogen (secondary N) is 2. The number of carbonyl (C=O) groups excluding carboxylic acids is 2. The van der Waals surface area contributed by atoms with Crippen molar-refractivity contribution in [2.75, 3.05) is 25.2 Å². The summed E-state index contributed by atoms with van der Waals surface area (Å²) >= 11 is 1.10. The highest BCUT2D eigenvalue weighted by Gasteiger charge is 2.17. The van der Waals surface area contributed by atoms with Gasteiger partial charge in [-0.3, -0.25) is 10.1 Å². The van der Waals surface area contributed by atoms with E-state index in [9.17, 15) is 18.0 Å². The summed E-state index contributed by atoms with van der Waals surface area (Å²) < 4.78 is 25.1. The number of imide groups is 1. The van der Waals surface area contributed by atoms with E-state index in [1.54, 1.807) is 6.07 Å². The van der Waals surface area contributed by atoms with Gasteiger partial charge in [0.25, 0.3) is 0 Å². The maximum absolute atomic E-state index is 12.0. The number of aryl methyl sites for hydroxylation is 1. The Morgan fingerprint density at radius 1 is 1.14 bits per heavy atom. The normalized spacial score (nSPS) is 11.3. The highest BCUT2D eigenvalue weighted by molar-refractivity contribution is 7.99. The third-order valence-corrected chi connectivity index (χ3v) is 6.69. The molecule has 0 saturated carbocycles. The molecule has 2 rings (SSSR count). The van der Waals surface area contributed by atoms with Crippen LogP contribution >= 0.6 is 11.8 Å². The monoisotopic (exact) mass is 422 g/mol. The number of thioether (sulfide) groups is 1. The summed E-state index contributed by atoms with van der Waals surface area (Å²) in [7, 11) is -0.676. The molecule has 10 heteroatoms. The lowest BCUT2D eigenvalue weighted by Crippen LogP contribution is -2.35. The zero-order chi connectivity index (χ0) is 20.9. The van der Waals surface area contributed by atoms with E-state index in [2.05, 4.69) is 15.6 Å². The van der Waals surface area contributed by atoms with E-state index in [1.165, 1.54) is 32.4 Å². The van der Waals surface area contributed by atoms with Crippen molar-refractivity contribution in [1.82, 2.24) is 14.6 Å². The third kappa shape index (κ3) is 5.54. The predicted octanol–water partition coefficient (Wildman–Crippen LogP) is 2.39. The standard InChI is InChI=1S/C18H22N4O4S2/c1-12-6-5-7-15(13(12)2)20-18(24)21-16(23)11-27-17-9-8-14(10-19-17)28(25,26)22(3)4/h5-10H,11H2,1-4H3,(H2,20,21,23,24). The van der Waals surface area contributed by atoms with Crippen molar-refractivity contribution in [1.29, 1.82) is 0 Å². The van der Waals surface area contributed by atoms with E-state index in [-0.39, 0.29) is 10.6 Å². The van der Waals surface area contributed by atoms with Crippen LogP contribution < -0.4 is 10.6 Å². The maximum atomic E-state index is 12.0.